The lowest BCUT2D eigenvalue weighted by molar-refractivity contribution is -0.128. The van der Waals surface area contributed by atoms with Gasteiger partial charge in [0.05, 0.1) is 17.8 Å². The Morgan fingerprint density at radius 3 is 2.62 bits per heavy atom. The number of carbonyl (C=O) groups is 1. The van der Waals surface area contributed by atoms with Crippen LogP contribution in [-0.4, -0.2) is 20.9 Å². The van der Waals surface area contributed by atoms with E-state index in [0.717, 1.165) is 22.4 Å². The van der Waals surface area contributed by atoms with Crippen molar-refractivity contribution in [1.29, 1.82) is 0 Å². The topological polar surface area (TPSA) is 67.2 Å². The SMILES string of the molecule is Cc1c(F)cccc1C=CCc1c(CC(=O)NO)nn(C)c1-c1ccc(F)cc1. The van der Waals surface area contributed by atoms with Gasteiger partial charge in [-0.15, -0.1) is 0 Å². The van der Waals surface area contributed by atoms with Gasteiger partial charge in [-0.1, -0.05) is 24.3 Å². The number of nitrogens with zero attached hydrogens (tertiary/aromatic N) is 2. The first-order chi connectivity index (χ1) is 13.9. The van der Waals surface area contributed by atoms with Gasteiger partial charge in [-0.25, -0.2) is 14.3 Å². The summed E-state index contributed by atoms with van der Waals surface area (Å²) in [7, 11) is 1.74. The van der Waals surface area contributed by atoms with Crippen LogP contribution >= 0.6 is 0 Å². The highest BCUT2D eigenvalue weighted by Gasteiger charge is 2.19. The van der Waals surface area contributed by atoms with Crippen LogP contribution in [0.5, 0.6) is 0 Å². The second kappa shape index (κ2) is 8.79. The standard InChI is InChI=1S/C22H21F2N3O2/c1-14-15(6-4-8-19(14)24)5-3-7-18-20(13-21(28)26-29)25-27(2)22(18)16-9-11-17(23)12-10-16/h3-6,8-12,29H,7,13H2,1-2H3,(H,26,28). The molecule has 0 saturated carbocycles. The Balaban J connectivity index is 1.99. The molecule has 0 spiro atoms. The van der Waals surface area contributed by atoms with Gasteiger partial charge in [0.15, 0.2) is 0 Å². The zero-order valence-electron chi connectivity index (χ0n) is 16.1. The van der Waals surface area contributed by atoms with Crippen LogP contribution in [0.3, 0.4) is 0 Å². The van der Waals surface area contributed by atoms with Crippen LogP contribution in [0.1, 0.15) is 22.4 Å². The number of amides is 1. The molecule has 0 radical (unpaired) electrons. The van der Waals surface area contributed by atoms with E-state index in [4.69, 9.17) is 5.21 Å². The summed E-state index contributed by atoms with van der Waals surface area (Å²) in [6.45, 7) is 1.71. The van der Waals surface area contributed by atoms with Gasteiger partial charge in [-0.3, -0.25) is 14.7 Å². The third-order valence-corrected chi connectivity index (χ3v) is 4.73. The first kappa shape index (κ1) is 20.4. The summed E-state index contributed by atoms with van der Waals surface area (Å²) < 4.78 is 28.7. The molecule has 0 unspecified atom stereocenters. The van der Waals surface area contributed by atoms with Crippen molar-refractivity contribution in [3.63, 3.8) is 0 Å². The number of hydrogen-bond donors (Lipinski definition) is 2. The summed E-state index contributed by atoms with van der Waals surface area (Å²) in [6.07, 6.45) is 4.00. The molecular formula is C22H21F2N3O2. The Bertz CT molecular complexity index is 1060. The average Bonchev–Trinajstić information content (AvgIpc) is 3.00. The van der Waals surface area contributed by atoms with Crippen LogP contribution in [0.25, 0.3) is 17.3 Å². The first-order valence-electron chi connectivity index (χ1n) is 9.06. The maximum Gasteiger partial charge on any atom is 0.249 e. The highest BCUT2D eigenvalue weighted by Crippen LogP contribution is 2.28. The molecule has 3 aromatic rings. The lowest BCUT2D eigenvalue weighted by Gasteiger charge is -2.07. The summed E-state index contributed by atoms with van der Waals surface area (Å²) in [6, 6.07) is 10.9. The molecule has 0 aliphatic rings. The van der Waals surface area contributed by atoms with Crippen molar-refractivity contribution >= 4 is 12.0 Å². The van der Waals surface area contributed by atoms with Crippen LogP contribution in [0.2, 0.25) is 0 Å². The normalized spacial score (nSPS) is 11.2. The largest absolute Gasteiger partial charge is 0.289 e. The summed E-state index contributed by atoms with van der Waals surface area (Å²) >= 11 is 0. The Morgan fingerprint density at radius 2 is 1.93 bits per heavy atom. The number of nitrogens with one attached hydrogen (secondary N) is 1. The van der Waals surface area contributed by atoms with Crippen molar-refractivity contribution in [2.75, 3.05) is 0 Å². The summed E-state index contributed by atoms with van der Waals surface area (Å²) in [5.41, 5.74) is 5.69. The minimum atomic E-state index is -0.583. The van der Waals surface area contributed by atoms with Crippen LogP contribution in [-0.2, 0) is 24.7 Å². The van der Waals surface area contributed by atoms with E-state index in [1.54, 1.807) is 42.3 Å². The second-order valence-electron chi connectivity index (χ2n) is 6.68. The molecule has 5 nitrogen and oxygen atoms in total. The number of aromatic nitrogens is 2. The van der Waals surface area contributed by atoms with Crippen molar-refractivity contribution in [3.8, 4) is 11.3 Å². The van der Waals surface area contributed by atoms with E-state index in [0.29, 0.717) is 17.7 Å². The number of aryl methyl sites for hydroxylation is 1. The smallest absolute Gasteiger partial charge is 0.249 e. The average molecular weight is 397 g/mol. The molecular weight excluding hydrogens is 376 g/mol. The van der Waals surface area contributed by atoms with Crippen LogP contribution in [0.15, 0.2) is 48.5 Å². The predicted octanol–water partition coefficient (Wildman–Crippen LogP) is 3.98. The monoisotopic (exact) mass is 397 g/mol. The fourth-order valence-corrected chi connectivity index (χ4v) is 3.25. The van der Waals surface area contributed by atoms with E-state index in [-0.39, 0.29) is 18.1 Å². The molecule has 2 aromatic carbocycles. The molecule has 0 bridgehead atoms. The molecule has 150 valence electrons. The fraction of sp³-hybridized carbons (Fsp3) is 0.182. The summed E-state index contributed by atoms with van der Waals surface area (Å²) in [5.74, 6) is -1.21. The van der Waals surface area contributed by atoms with Crippen LogP contribution in [0, 0.1) is 18.6 Å². The molecule has 7 heteroatoms. The first-order valence-corrected chi connectivity index (χ1v) is 9.06. The fourth-order valence-electron chi connectivity index (χ4n) is 3.25. The minimum Gasteiger partial charge on any atom is -0.289 e. The Kier molecular flexibility index (Phi) is 6.19. The molecule has 0 fully saturated rings. The second-order valence-corrected chi connectivity index (χ2v) is 6.68. The molecule has 0 aliphatic carbocycles. The molecule has 0 aliphatic heterocycles. The van der Waals surface area contributed by atoms with Gasteiger partial charge >= 0.3 is 0 Å². The number of benzene rings is 2. The molecule has 1 aromatic heterocycles. The highest BCUT2D eigenvalue weighted by atomic mass is 19.1. The van der Waals surface area contributed by atoms with Gasteiger partial charge < -0.3 is 0 Å². The van der Waals surface area contributed by atoms with Crippen molar-refractivity contribution in [2.24, 2.45) is 7.05 Å². The number of rotatable bonds is 6. The predicted molar refractivity (Wildman–Crippen MR) is 106 cm³/mol. The minimum absolute atomic E-state index is 0.103. The van der Waals surface area contributed by atoms with Crippen molar-refractivity contribution < 1.29 is 18.8 Å². The molecule has 3 rings (SSSR count). The maximum absolute atomic E-state index is 13.8. The van der Waals surface area contributed by atoms with Gasteiger partial charge in [0.25, 0.3) is 0 Å². The van der Waals surface area contributed by atoms with Crippen LogP contribution < -0.4 is 5.48 Å². The van der Waals surface area contributed by atoms with Gasteiger partial charge in [-0.05, 0) is 54.8 Å². The molecule has 1 heterocycles. The Labute approximate surface area is 167 Å². The highest BCUT2D eigenvalue weighted by molar-refractivity contribution is 5.78. The molecule has 2 N–H and O–H groups in total. The van der Waals surface area contributed by atoms with Crippen molar-refractivity contribution in [3.05, 3.63) is 82.6 Å². The molecule has 0 saturated heterocycles. The van der Waals surface area contributed by atoms with E-state index < -0.39 is 5.91 Å². The summed E-state index contributed by atoms with van der Waals surface area (Å²) in [5, 5.41) is 13.3. The number of hydrogen-bond acceptors (Lipinski definition) is 3. The quantitative estimate of drug-likeness (QED) is 0.488. The van der Waals surface area contributed by atoms with Crippen molar-refractivity contribution in [2.45, 2.75) is 19.8 Å². The molecule has 0 atom stereocenters. The van der Waals surface area contributed by atoms with E-state index >= 15 is 0 Å². The van der Waals surface area contributed by atoms with Gasteiger partial charge in [-0.2, -0.15) is 5.10 Å². The van der Waals surface area contributed by atoms with E-state index in [2.05, 4.69) is 5.10 Å². The number of hydroxylamine groups is 1. The lowest BCUT2D eigenvalue weighted by atomic mass is 10.00. The number of carbonyl (C=O) groups excluding carboxylic acids is 1. The number of halogens is 2. The van der Waals surface area contributed by atoms with E-state index in [9.17, 15) is 13.6 Å². The lowest BCUT2D eigenvalue weighted by Crippen LogP contribution is -2.21. The van der Waals surface area contributed by atoms with E-state index in [1.165, 1.54) is 18.2 Å². The zero-order valence-corrected chi connectivity index (χ0v) is 16.1. The third kappa shape index (κ3) is 4.57. The zero-order chi connectivity index (χ0) is 21.0. The van der Waals surface area contributed by atoms with Crippen LogP contribution in [0.4, 0.5) is 8.78 Å². The number of allylic oxidation sites excluding steroid dienone is 1. The van der Waals surface area contributed by atoms with E-state index in [1.807, 2.05) is 18.2 Å². The van der Waals surface area contributed by atoms with Gasteiger partial charge in [0.1, 0.15) is 11.6 Å². The Hall–Kier alpha value is -3.32. The summed E-state index contributed by atoms with van der Waals surface area (Å²) in [4.78, 5) is 11.7. The Morgan fingerprint density at radius 1 is 1.21 bits per heavy atom. The van der Waals surface area contributed by atoms with Crippen molar-refractivity contribution in [1.82, 2.24) is 15.3 Å². The maximum atomic E-state index is 13.8. The third-order valence-electron chi connectivity index (χ3n) is 4.73. The van der Waals surface area contributed by atoms with Gasteiger partial charge in [0, 0.05) is 18.2 Å². The van der Waals surface area contributed by atoms with Gasteiger partial charge in [0.2, 0.25) is 5.91 Å². The molecule has 1 amide bonds. The molecule has 29 heavy (non-hydrogen) atoms.